The maximum atomic E-state index is 12.4. The minimum atomic E-state index is -3.50. The fourth-order valence-electron chi connectivity index (χ4n) is 2.71. The smallest absolute Gasteiger partial charge is 0.279 e. The number of rotatable bonds is 8. The number of hydrogen-bond donors (Lipinski definition) is 1. The van der Waals surface area contributed by atoms with E-state index in [0.717, 1.165) is 25.8 Å². The molecule has 2 rings (SSSR count). The van der Waals surface area contributed by atoms with Crippen LogP contribution in [0.3, 0.4) is 0 Å². The van der Waals surface area contributed by atoms with Gasteiger partial charge in [0.25, 0.3) is 10.2 Å². The normalized spacial score (nSPS) is 20.4. The monoisotopic (exact) mass is 331 g/mol. The molecule has 1 saturated heterocycles. The maximum absolute atomic E-state index is 12.4. The van der Waals surface area contributed by atoms with Crippen molar-refractivity contribution in [3.63, 3.8) is 0 Å². The predicted octanol–water partition coefficient (Wildman–Crippen LogP) is 0.381. The van der Waals surface area contributed by atoms with Gasteiger partial charge in [-0.25, -0.2) is 0 Å². The van der Waals surface area contributed by atoms with Crippen LogP contribution in [-0.4, -0.2) is 54.3 Å². The molecule has 1 fully saturated rings. The Morgan fingerprint density at radius 2 is 2.32 bits per heavy atom. The lowest BCUT2D eigenvalue weighted by atomic mass is 10.0. The zero-order valence-electron chi connectivity index (χ0n) is 13.2. The Morgan fingerprint density at radius 1 is 1.50 bits per heavy atom. The second-order valence-corrected chi connectivity index (χ2v) is 7.34. The summed E-state index contributed by atoms with van der Waals surface area (Å²) in [6.45, 7) is 4.65. The van der Waals surface area contributed by atoms with E-state index in [1.54, 1.807) is 13.4 Å². The van der Waals surface area contributed by atoms with Crippen molar-refractivity contribution in [3.8, 4) is 0 Å². The van der Waals surface area contributed by atoms with Crippen LogP contribution in [0.2, 0.25) is 0 Å². The number of aromatic nitrogens is 3. The molecule has 8 nitrogen and oxygen atoms in total. The van der Waals surface area contributed by atoms with E-state index in [0.29, 0.717) is 25.5 Å². The SMILES string of the molecule is CCCn1cnnc1CNS(=O)(=O)N1CCC[C@@H](COC)C1. The highest BCUT2D eigenvalue weighted by molar-refractivity contribution is 7.87. The van der Waals surface area contributed by atoms with Crippen molar-refractivity contribution in [1.82, 2.24) is 23.8 Å². The van der Waals surface area contributed by atoms with Crippen LogP contribution in [0.15, 0.2) is 6.33 Å². The number of hydrogen-bond acceptors (Lipinski definition) is 5. The van der Waals surface area contributed by atoms with Gasteiger partial charge in [0, 0.05) is 26.7 Å². The summed E-state index contributed by atoms with van der Waals surface area (Å²) in [7, 11) is -1.85. The molecule has 0 radical (unpaired) electrons. The fourth-order valence-corrected chi connectivity index (χ4v) is 3.98. The number of aryl methyl sites for hydroxylation is 1. The highest BCUT2D eigenvalue weighted by Crippen LogP contribution is 2.18. The first-order chi connectivity index (χ1) is 10.6. The summed E-state index contributed by atoms with van der Waals surface area (Å²) < 4.78 is 36.0. The molecule has 0 bridgehead atoms. The number of nitrogens with zero attached hydrogens (tertiary/aromatic N) is 4. The topological polar surface area (TPSA) is 89.3 Å². The highest BCUT2D eigenvalue weighted by atomic mass is 32.2. The quantitative estimate of drug-likeness (QED) is 0.744. The molecule has 1 aliphatic heterocycles. The van der Waals surface area contributed by atoms with E-state index in [4.69, 9.17) is 4.74 Å². The first-order valence-electron chi connectivity index (χ1n) is 7.67. The molecule has 0 saturated carbocycles. The molecule has 2 heterocycles. The molecule has 22 heavy (non-hydrogen) atoms. The Bertz CT molecular complexity index is 558. The van der Waals surface area contributed by atoms with Crippen molar-refractivity contribution in [2.45, 2.75) is 39.3 Å². The van der Waals surface area contributed by atoms with Crippen LogP contribution in [0.25, 0.3) is 0 Å². The summed E-state index contributed by atoms with van der Waals surface area (Å²) in [4.78, 5) is 0. The van der Waals surface area contributed by atoms with Gasteiger partial charge in [0.15, 0.2) is 0 Å². The third-order valence-electron chi connectivity index (χ3n) is 3.80. The maximum Gasteiger partial charge on any atom is 0.279 e. The minimum Gasteiger partial charge on any atom is -0.384 e. The van der Waals surface area contributed by atoms with Crippen LogP contribution in [0.4, 0.5) is 0 Å². The van der Waals surface area contributed by atoms with E-state index in [-0.39, 0.29) is 12.5 Å². The zero-order chi connectivity index (χ0) is 16.0. The van der Waals surface area contributed by atoms with E-state index in [1.165, 1.54) is 4.31 Å². The van der Waals surface area contributed by atoms with E-state index in [9.17, 15) is 8.42 Å². The Balaban J connectivity index is 1.94. The standard InChI is InChI=1S/C13H25N5O3S/c1-3-6-17-11-14-16-13(17)8-15-22(19,20)18-7-4-5-12(9-18)10-21-2/h11-12,15H,3-10H2,1-2H3/t12-/m1/s1. The van der Waals surface area contributed by atoms with E-state index >= 15 is 0 Å². The van der Waals surface area contributed by atoms with Crippen LogP contribution in [-0.2, 0) is 28.0 Å². The van der Waals surface area contributed by atoms with Crippen LogP contribution in [0.1, 0.15) is 32.0 Å². The van der Waals surface area contributed by atoms with Crippen LogP contribution >= 0.6 is 0 Å². The van der Waals surface area contributed by atoms with Gasteiger partial charge < -0.3 is 9.30 Å². The molecule has 0 unspecified atom stereocenters. The van der Waals surface area contributed by atoms with Crippen LogP contribution in [0.5, 0.6) is 0 Å². The lowest BCUT2D eigenvalue weighted by Gasteiger charge is -2.31. The lowest BCUT2D eigenvalue weighted by molar-refractivity contribution is 0.118. The number of methoxy groups -OCH3 is 1. The summed E-state index contributed by atoms with van der Waals surface area (Å²) in [6, 6.07) is 0. The first-order valence-corrected chi connectivity index (χ1v) is 9.11. The summed E-state index contributed by atoms with van der Waals surface area (Å²) in [5, 5.41) is 7.81. The Hall–Kier alpha value is -1.03. The molecular formula is C13H25N5O3S. The van der Waals surface area contributed by atoms with E-state index in [1.807, 2.05) is 4.57 Å². The summed E-state index contributed by atoms with van der Waals surface area (Å²) in [5.41, 5.74) is 0. The third kappa shape index (κ3) is 4.48. The molecule has 9 heteroatoms. The molecule has 126 valence electrons. The molecule has 1 aromatic rings. The van der Waals surface area contributed by atoms with Gasteiger partial charge in [0.2, 0.25) is 0 Å². The average Bonchev–Trinajstić information content (AvgIpc) is 2.94. The Morgan fingerprint density at radius 3 is 3.05 bits per heavy atom. The van der Waals surface area contributed by atoms with Gasteiger partial charge in [-0.1, -0.05) is 6.92 Å². The van der Waals surface area contributed by atoms with Crippen molar-refractivity contribution in [3.05, 3.63) is 12.2 Å². The second kappa shape index (κ2) is 8.00. The van der Waals surface area contributed by atoms with Crippen molar-refractivity contribution >= 4 is 10.2 Å². The molecule has 0 amide bonds. The van der Waals surface area contributed by atoms with Gasteiger partial charge in [-0.2, -0.15) is 17.4 Å². The Labute approximate surface area is 132 Å². The van der Waals surface area contributed by atoms with E-state index < -0.39 is 10.2 Å². The predicted molar refractivity (Wildman–Crippen MR) is 82.2 cm³/mol. The van der Waals surface area contributed by atoms with Gasteiger partial charge in [0.05, 0.1) is 13.2 Å². The lowest BCUT2D eigenvalue weighted by Crippen LogP contribution is -2.46. The fraction of sp³-hybridized carbons (Fsp3) is 0.846. The molecule has 0 aliphatic carbocycles. The van der Waals surface area contributed by atoms with Gasteiger partial charge >= 0.3 is 0 Å². The van der Waals surface area contributed by atoms with Gasteiger partial charge in [-0.15, -0.1) is 10.2 Å². The van der Waals surface area contributed by atoms with Gasteiger partial charge in [-0.05, 0) is 25.2 Å². The van der Waals surface area contributed by atoms with Crippen molar-refractivity contribution in [2.24, 2.45) is 5.92 Å². The third-order valence-corrected chi connectivity index (χ3v) is 5.32. The molecule has 1 N–H and O–H groups in total. The molecule has 1 aliphatic rings. The highest BCUT2D eigenvalue weighted by Gasteiger charge is 2.28. The van der Waals surface area contributed by atoms with E-state index in [2.05, 4.69) is 21.8 Å². The average molecular weight is 331 g/mol. The molecule has 1 atom stereocenters. The largest absolute Gasteiger partial charge is 0.384 e. The van der Waals surface area contributed by atoms with Gasteiger partial charge in [0.1, 0.15) is 12.2 Å². The van der Waals surface area contributed by atoms with Crippen LogP contribution in [0, 0.1) is 5.92 Å². The summed E-state index contributed by atoms with van der Waals surface area (Å²) >= 11 is 0. The summed E-state index contributed by atoms with van der Waals surface area (Å²) in [5.74, 6) is 0.898. The zero-order valence-corrected chi connectivity index (χ0v) is 14.0. The number of piperidine rings is 1. The van der Waals surface area contributed by atoms with Crippen molar-refractivity contribution in [1.29, 1.82) is 0 Å². The molecule has 1 aromatic heterocycles. The first kappa shape index (κ1) is 17.3. The molecule has 0 aromatic carbocycles. The Kier molecular flexibility index (Phi) is 6.30. The molecule has 0 spiro atoms. The second-order valence-electron chi connectivity index (χ2n) is 5.59. The minimum absolute atomic E-state index is 0.160. The summed E-state index contributed by atoms with van der Waals surface area (Å²) in [6.07, 6.45) is 4.44. The molecular weight excluding hydrogens is 306 g/mol. The number of nitrogens with one attached hydrogen (secondary N) is 1. The van der Waals surface area contributed by atoms with Crippen molar-refractivity contribution in [2.75, 3.05) is 26.8 Å². The van der Waals surface area contributed by atoms with Crippen LogP contribution < -0.4 is 4.72 Å². The number of ether oxygens (including phenoxy) is 1. The van der Waals surface area contributed by atoms with Crippen molar-refractivity contribution < 1.29 is 13.2 Å². The van der Waals surface area contributed by atoms with Gasteiger partial charge in [-0.3, -0.25) is 0 Å².